The molecular formula is C18H27NO3. The molecular weight excluding hydrogens is 278 g/mol. The van der Waals surface area contributed by atoms with Crippen LogP contribution in [0.15, 0.2) is 18.2 Å². The second-order valence-electron chi connectivity index (χ2n) is 5.65. The number of Topliss-reactive ketones (excluding diaryl/α,β-unsaturated/α-hetero) is 1. The zero-order valence-corrected chi connectivity index (χ0v) is 13.8. The van der Waals surface area contributed by atoms with E-state index in [0.29, 0.717) is 6.42 Å². The van der Waals surface area contributed by atoms with Gasteiger partial charge in [-0.05, 0) is 36.6 Å². The standard InChI is InChI=1S/C18H27NO3/c1-3-11-22-18-6-5-16(14-15(18)4-2)17(20)7-8-19-9-12-21-13-10-19/h5-6,14H,3-4,7-13H2,1-2H3. The molecule has 1 heterocycles. The summed E-state index contributed by atoms with van der Waals surface area (Å²) in [6, 6.07) is 5.83. The number of nitrogens with zero attached hydrogens (tertiary/aromatic N) is 1. The van der Waals surface area contributed by atoms with Crippen molar-refractivity contribution in [2.45, 2.75) is 33.1 Å². The lowest BCUT2D eigenvalue weighted by atomic mass is 10.0. The highest BCUT2D eigenvalue weighted by Crippen LogP contribution is 2.22. The molecule has 1 aliphatic rings. The van der Waals surface area contributed by atoms with Crippen LogP contribution < -0.4 is 4.74 Å². The first kappa shape index (κ1) is 17.0. The van der Waals surface area contributed by atoms with Crippen LogP contribution >= 0.6 is 0 Å². The Morgan fingerprint density at radius 3 is 2.73 bits per heavy atom. The number of rotatable bonds is 8. The summed E-state index contributed by atoms with van der Waals surface area (Å²) in [4.78, 5) is 14.7. The van der Waals surface area contributed by atoms with E-state index in [9.17, 15) is 4.79 Å². The summed E-state index contributed by atoms with van der Waals surface area (Å²) >= 11 is 0. The van der Waals surface area contributed by atoms with Crippen LogP contribution in [0.25, 0.3) is 0 Å². The van der Waals surface area contributed by atoms with Gasteiger partial charge < -0.3 is 9.47 Å². The summed E-state index contributed by atoms with van der Waals surface area (Å²) in [5.74, 6) is 1.12. The molecule has 0 saturated carbocycles. The molecule has 122 valence electrons. The summed E-state index contributed by atoms with van der Waals surface area (Å²) in [5.41, 5.74) is 1.92. The molecule has 1 fully saturated rings. The molecule has 4 nitrogen and oxygen atoms in total. The highest BCUT2D eigenvalue weighted by atomic mass is 16.5. The van der Waals surface area contributed by atoms with Gasteiger partial charge in [0.2, 0.25) is 0 Å². The maximum Gasteiger partial charge on any atom is 0.164 e. The summed E-state index contributed by atoms with van der Waals surface area (Å²) < 4.78 is 11.1. The SMILES string of the molecule is CCCOc1ccc(C(=O)CCN2CCOCC2)cc1CC. The van der Waals surface area contributed by atoms with Crippen molar-refractivity contribution in [3.05, 3.63) is 29.3 Å². The molecule has 0 atom stereocenters. The van der Waals surface area contributed by atoms with Gasteiger partial charge in [-0.15, -0.1) is 0 Å². The van der Waals surface area contributed by atoms with Crippen LogP contribution in [-0.4, -0.2) is 50.1 Å². The zero-order chi connectivity index (χ0) is 15.8. The first-order valence-electron chi connectivity index (χ1n) is 8.33. The average Bonchev–Trinajstić information content (AvgIpc) is 2.58. The van der Waals surface area contributed by atoms with E-state index >= 15 is 0 Å². The number of carbonyl (C=O) groups is 1. The second kappa shape index (κ2) is 8.91. The normalized spacial score (nSPS) is 15.7. The van der Waals surface area contributed by atoms with Gasteiger partial charge in [-0.3, -0.25) is 9.69 Å². The third kappa shape index (κ3) is 4.82. The van der Waals surface area contributed by atoms with Gasteiger partial charge in [-0.25, -0.2) is 0 Å². The first-order chi connectivity index (χ1) is 10.7. The van der Waals surface area contributed by atoms with E-state index in [1.807, 2.05) is 18.2 Å². The van der Waals surface area contributed by atoms with Gasteiger partial charge in [0, 0.05) is 31.6 Å². The van der Waals surface area contributed by atoms with Crippen molar-refractivity contribution in [3.8, 4) is 5.75 Å². The molecule has 0 unspecified atom stereocenters. The third-order valence-electron chi connectivity index (χ3n) is 3.98. The van der Waals surface area contributed by atoms with Crippen LogP contribution in [0.1, 0.15) is 42.6 Å². The van der Waals surface area contributed by atoms with Crippen LogP contribution in [-0.2, 0) is 11.2 Å². The number of morpholine rings is 1. The largest absolute Gasteiger partial charge is 0.493 e. The van der Waals surface area contributed by atoms with E-state index in [1.54, 1.807) is 0 Å². The smallest absolute Gasteiger partial charge is 0.164 e. The predicted octanol–water partition coefficient (Wildman–Crippen LogP) is 2.94. The Morgan fingerprint density at radius 2 is 2.05 bits per heavy atom. The van der Waals surface area contributed by atoms with E-state index in [4.69, 9.17) is 9.47 Å². The van der Waals surface area contributed by atoms with Crippen molar-refractivity contribution in [2.24, 2.45) is 0 Å². The topological polar surface area (TPSA) is 38.8 Å². The maximum atomic E-state index is 12.4. The molecule has 4 heteroatoms. The Bertz CT molecular complexity index is 481. The molecule has 0 amide bonds. The van der Waals surface area contributed by atoms with Crippen LogP contribution in [0.4, 0.5) is 0 Å². The minimum atomic E-state index is 0.211. The monoisotopic (exact) mass is 305 g/mol. The van der Waals surface area contributed by atoms with Gasteiger partial charge in [0.15, 0.2) is 5.78 Å². The van der Waals surface area contributed by atoms with Crippen molar-refractivity contribution in [1.82, 2.24) is 4.90 Å². The minimum absolute atomic E-state index is 0.211. The number of aryl methyl sites for hydroxylation is 1. The van der Waals surface area contributed by atoms with Crippen LogP contribution in [0.2, 0.25) is 0 Å². The number of hydrogen-bond acceptors (Lipinski definition) is 4. The van der Waals surface area contributed by atoms with Gasteiger partial charge >= 0.3 is 0 Å². The Kier molecular flexibility index (Phi) is 6.87. The summed E-state index contributed by atoms with van der Waals surface area (Å²) in [6.07, 6.45) is 2.44. The molecule has 0 N–H and O–H groups in total. The van der Waals surface area contributed by atoms with E-state index in [0.717, 1.165) is 69.2 Å². The highest BCUT2D eigenvalue weighted by molar-refractivity contribution is 5.96. The van der Waals surface area contributed by atoms with E-state index in [2.05, 4.69) is 18.7 Å². The highest BCUT2D eigenvalue weighted by Gasteiger charge is 2.14. The van der Waals surface area contributed by atoms with Gasteiger partial charge in [0.25, 0.3) is 0 Å². The van der Waals surface area contributed by atoms with Gasteiger partial charge in [-0.1, -0.05) is 13.8 Å². The summed E-state index contributed by atoms with van der Waals surface area (Å²) in [5, 5.41) is 0. The summed E-state index contributed by atoms with van der Waals surface area (Å²) in [7, 11) is 0. The van der Waals surface area contributed by atoms with Crippen LogP contribution in [0.5, 0.6) is 5.75 Å². The van der Waals surface area contributed by atoms with E-state index in [1.165, 1.54) is 0 Å². The van der Waals surface area contributed by atoms with Crippen LogP contribution in [0.3, 0.4) is 0 Å². The molecule has 1 aromatic rings. The Balaban J connectivity index is 1.93. The van der Waals surface area contributed by atoms with E-state index < -0.39 is 0 Å². The van der Waals surface area contributed by atoms with Crippen molar-refractivity contribution in [2.75, 3.05) is 39.5 Å². The first-order valence-corrected chi connectivity index (χ1v) is 8.33. The predicted molar refractivity (Wildman–Crippen MR) is 87.8 cm³/mol. The van der Waals surface area contributed by atoms with Crippen molar-refractivity contribution >= 4 is 5.78 Å². The van der Waals surface area contributed by atoms with Crippen molar-refractivity contribution in [3.63, 3.8) is 0 Å². The fraction of sp³-hybridized carbons (Fsp3) is 0.611. The van der Waals surface area contributed by atoms with Crippen molar-refractivity contribution < 1.29 is 14.3 Å². The van der Waals surface area contributed by atoms with Gasteiger partial charge in [-0.2, -0.15) is 0 Å². The average molecular weight is 305 g/mol. The molecule has 0 bridgehead atoms. The quantitative estimate of drug-likeness (QED) is 0.692. The molecule has 0 radical (unpaired) electrons. The Morgan fingerprint density at radius 1 is 1.27 bits per heavy atom. The molecule has 1 aromatic carbocycles. The van der Waals surface area contributed by atoms with Gasteiger partial charge in [0.05, 0.1) is 19.8 Å². The van der Waals surface area contributed by atoms with E-state index in [-0.39, 0.29) is 5.78 Å². The fourth-order valence-corrected chi connectivity index (χ4v) is 2.61. The Hall–Kier alpha value is -1.39. The molecule has 0 aliphatic carbocycles. The molecule has 1 aliphatic heterocycles. The molecule has 0 spiro atoms. The third-order valence-corrected chi connectivity index (χ3v) is 3.98. The molecule has 0 aromatic heterocycles. The number of ether oxygens (including phenoxy) is 2. The lowest BCUT2D eigenvalue weighted by Crippen LogP contribution is -2.37. The zero-order valence-electron chi connectivity index (χ0n) is 13.8. The lowest BCUT2D eigenvalue weighted by Gasteiger charge is -2.26. The second-order valence-corrected chi connectivity index (χ2v) is 5.65. The molecule has 22 heavy (non-hydrogen) atoms. The number of benzene rings is 1. The van der Waals surface area contributed by atoms with Gasteiger partial charge in [0.1, 0.15) is 5.75 Å². The molecule has 1 saturated heterocycles. The maximum absolute atomic E-state index is 12.4. The lowest BCUT2D eigenvalue weighted by molar-refractivity contribution is 0.0370. The van der Waals surface area contributed by atoms with Crippen LogP contribution in [0, 0.1) is 0 Å². The number of carbonyl (C=O) groups excluding carboxylic acids is 1. The number of ketones is 1. The number of hydrogen-bond donors (Lipinski definition) is 0. The summed E-state index contributed by atoms with van der Waals surface area (Å²) in [6.45, 7) is 9.13. The Labute approximate surface area is 133 Å². The molecule has 2 rings (SSSR count). The fourth-order valence-electron chi connectivity index (χ4n) is 2.61. The minimum Gasteiger partial charge on any atom is -0.493 e. The van der Waals surface area contributed by atoms with Crippen molar-refractivity contribution in [1.29, 1.82) is 0 Å².